The van der Waals surface area contributed by atoms with Gasteiger partial charge >= 0.3 is 0 Å². The zero-order valence-corrected chi connectivity index (χ0v) is 32.3. The molecule has 0 saturated heterocycles. The van der Waals surface area contributed by atoms with Gasteiger partial charge in [0, 0.05) is 7.14 Å². The Labute approximate surface area is 298 Å². The Morgan fingerprint density at radius 1 is 0.600 bits per heavy atom. The van der Waals surface area contributed by atoms with Crippen LogP contribution in [0.5, 0.6) is 11.5 Å². The fourth-order valence-corrected chi connectivity index (χ4v) is 8.34. The standard InChI is InChI=1S/C20H25IO.C10H7IO.C10H20O/c1-20(2,3)15-8-10-16(11-9-15)22-17-12-14-6-4-5-7-18(14)19(21)13-17;11-10-6-8(12)5-7-3-1-2-4-9(7)10;1-10(2,3)8-4-6-9(11)7-5-8/h4-7,12-13,15-16H,8-11H2,1-3H3;1-6,12H;8-9,11H,4-7H2,1-3H3. The number of hydrogen-bond donors (Lipinski definition) is 2. The number of aromatic hydroxyl groups is 1. The number of benzene rings is 4. The summed E-state index contributed by atoms with van der Waals surface area (Å²) < 4.78 is 8.66. The van der Waals surface area contributed by atoms with Crippen molar-refractivity contribution in [2.24, 2.45) is 22.7 Å². The molecule has 4 aromatic rings. The normalized spacial score (nSPS) is 22.2. The molecule has 0 aromatic heterocycles. The maximum Gasteiger partial charge on any atom is 0.121 e. The zero-order chi connectivity index (χ0) is 32.8. The smallest absolute Gasteiger partial charge is 0.121 e. The number of ether oxygens (including phenoxy) is 1. The Morgan fingerprint density at radius 2 is 1.04 bits per heavy atom. The summed E-state index contributed by atoms with van der Waals surface area (Å²) >= 11 is 4.64. The average Bonchev–Trinajstić information content (AvgIpc) is 2.97. The predicted octanol–water partition coefficient (Wildman–Crippen LogP) is 12.2. The van der Waals surface area contributed by atoms with E-state index in [1.165, 1.54) is 58.3 Å². The fourth-order valence-electron chi connectivity index (χ4n) is 6.74. The van der Waals surface area contributed by atoms with Crippen molar-refractivity contribution in [2.45, 2.75) is 105 Å². The number of aliphatic hydroxyl groups excluding tert-OH is 1. The van der Waals surface area contributed by atoms with Gasteiger partial charge in [0.1, 0.15) is 11.5 Å². The second kappa shape index (κ2) is 16.0. The van der Waals surface area contributed by atoms with Gasteiger partial charge in [0.2, 0.25) is 0 Å². The van der Waals surface area contributed by atoms with Gasteiger partial charge in [-0.05, 0) is 165 Å². The van der Waals surface area contributed by atoms with Gasteiger partial charge in [0.25, 0.3) is 0 Å². The van der Waals surface area contributed by atoms with Gasteiger partial charge in [-0.25, -0.2) is 0 Å². The van der Waals surface area contributed by atoms with E-state index in [0.717, 1.165) is 39.4 Å². The maximum atomic E-state index is 9.31. The lowest BCUT2D eigenvalue weighted by atomic mass is 9.72. The molecule has 2 aliphatic carbocycles. The van der Waals surface area contributed by atoms with Crippen LogP contribution in [-0.2, 0) is 0 Å². The third-order valence-corrected chi connectivity index (χ3v) is 11.5. The molecular weight excluding hydrogens is 782 g/mol. The highest BCUT2D eigenvalue weighted by atomic mass is 127. The molecule has 3 nitrogen and oxygen atoms in total. The van der Waals surface area contributed by atoms with Crippen LogP contribution in [0.25, 0.3) is 21.5 Å². The molecule has 6 rings (SSSR count). The van der Waals surface area contributed by atoms with Crippen LogP contribution in [0.4, 0.5) is 0 Å². The van der Waals surface area contributed by atoms with Crippen LogP contribution < -0.4 is 4.74 Å². The highest BCUT2D eigenvalue weighted by Crippen LogP contribution is 2.40. The largest absolute Gasteiger partial charge is 0.508 e. The first kappa shape index (κ1) is 36.3. The Balaban J connectivity index is 0.000000169. The van der Waals surface area contributed by atoms with Gasteiger partial charge in [0.15, 0.2) is 0 Å². The third kappa shape index (κ3) is 10.7. The topological polar surface area (TPSA) is 49.7 Å². The van der Waals surface area contributed by atoms with Crippen LogP contribution in [-0.4, -0.2) is 22.4 Å². The molecule has 0 radical (unpaired) electrons. The van der Waals surface area contributed by atoms with E-state index in [0.29, 0.717) is 22.7 Å². The summed E-state index contributed by atoms with van der Waals surface area (Å²) in [6, 6.07) is 24.5. The number of phenolic OH excluding ortho intramolecular Hbond substituents is 1. The monoisotopic (exact) mass is 834 g/mol. The molecular formula is C40H52I2O3. The van der Waals surface area contributed by atoms with Crippen molar-refractivity contribution in [1.82, 2.24) is 0 Å². The highest BCUT2D eigenvalue weighted by Gasteiger charge is 2.31. The molecule has 2 N–H and O–H groups in total. The maximum absolute atomic E-state index is 9.31. The first-order chi connectivity index (χ1) is 21.2. The molecule has 2 aliphatic rings. The molecule has 0 heterocycles. The summed E-state index contributed by atoms with van der Waals surface area (Å²) in [6.07, 6.45) is 9.79. The van der Waals surface area contributed by atoms with Gasteiger partial charge in [-0.1, -0.05) is 90.1 Å². The zero-order valence-electron chi connectivity index (χ0n) is 28.0. The summed E-state index contributed by atoms with van der Waals surface area (Å²) in [5, 5.41) is 23.5. The summed E-state index contributed by atoms with van der Waals surface area (Å²) in [7, 11) is 0. The van der Waals surface area contributed by atoms with Crippen molar-refractivity contribution in [1.29, 1.82) is 0 Å². The number of fused-ring (bicyclic) bond motifs is 2. The van der Waals surface area contributed by atoms with Crippen LogP contribution in [0.1, 0.15) is 92.9 Å². The van der Waals surface area contributed by atoms with Crippen LogP contribution in [0.15, 0.2) is 72.8 Å². The number of halogens is 2. The summed E-state index contributed by atoms with van der Waals surface area (Å²) in [4.78, 5) is 0. The minimum Gasteiger partial charge on any atom is -0.508 e. The summed E-state index contributed by atoms with van der Waals surface area (Å²) in [5.41, 5.74) is 0.878. The lowest BCUT2D eigenvalue weighted by Gasteiger charge is -2.37. The van der Waals surface area contributed by atoms with Crippen molar-refractivity contribution >= 4 is 66.7 Å². The Hall–Kier alpha value is -1.58. The van der Waals surface area contributed by atoms with Crippen molar-refractivity contribution in [2.75, 3.05) is 0 Å². The number of phenols is 1. The first-order valence-electron chi connectivity index (χ1n) is 16.6. The average molecular weight is 835 g/mol. The van der Waals surface area contributed by atoms with E-state index in [1.807, 2.05) is 18.2 Å². The molecule has 5 heteroatoms. The number of rotatable bonds is 2. The van der Waals surface area contributed by atoms with Gasteiger partial charge in [-0.15, -0.1) is 0 Å². The second-order valence-corrected chi connectivity index (χ2v) is 17.4. The molecule has 2 saturated carbocycles. The van der Waals surface area contributed by atoms with Gasteiger partial charge < -0.3 is 14.9 Å². The van der Waals surface area contributed by atoms with Crippen molar-refractivity contribution < 1.29 is 14.9 Å². The minimum atomic E-state index is -0.00593. The first-order valence-corrected chi connectivity index (χ1v) is 18.8. The number of aliphatic hydroxyl groups is 1. The molecule has 0 bridgehead atoms. The number of hydrogen-bond acceptors (Lipinski definition) is 3. The second-order valence-electron chi connectivity index (χ2n) is 15.1. The molecule has 0 aliphatic heterocycles. The van der Waals surface area contributed by atoms with Gasteiger partial charge in [-0.2, -0.15) is 0 Å². The fraction of sp³-hybridized carbons (Fsp3) is 0.500. The molecule has 2 fully saturated rings. The van der Waals surface area contributed by atoms with Gasteiger partial charge in [-0.3, -0.25) is 0 Å². The minimum absolute atomic E-state index is 0.00593. The van der Waals surface area contributed by atoms with Gasteiger partial charge in [0.05, 0.1) is 12.2 Å². The predicted molar refractivity (Wildman–Crippen MR) is 208 cm³/mol. The van der Waals surface area contributed by atoms with Crippen molar-refractivity contribution in [3.05, 3.63) is 79.9 Å². The molecule has 0 unspecified atom stereocenters. The molecule has 244 valence electrons. The van der Waals surface area contributed by atoms with Crippen LogP contribution in [0.2, 0.25) is 0 Å². The lowest BCUT2D eigenvalue weighted by molar-refractivity contribution is 0.0725. The van der Waals surface area contributed by atoms with E-state index in [-0.39, 0.29) is 6.10 Å². The molecule has 0 atom stereocenters. The van der Waals surface area contributed by atoms with E-state index in [4.69, 9.17) is 4.74 Å². The molecule has 0 amide bonds. The van der Waals surface area contributed by atoms with E-state index in [1.54, 1.807) is 12.1 Å². The summed E-state index contributed by atoms with van der Waals surface area (Å²) in [5.74, 6) is 3.02. The Morgan fingerprint density at radius 3 is 1.56 bits per heavy atom. The highest BCUT2D eigenvalue weighted by molar-refractivity contribution is 14.1. The molecule has 45 heavy (non-hydrogen) atoms. The van der Waals surface area contributed by atoms with Crippen molar-refractivity contribution in [3.8, 4) is 11.5 Å². The van der Waals surface area contributed by atoms with E-state index in [9.17, 15) is 10.2 Å². The SMILES string of the molecule is CC(C)(C)C1CCC(O)CC1.CC(C)(C)C1CCC(Oc2cc(I)c3ccccc3c2)CC1.Oc1cc(I)c2ccccc2c1. The van der Waals surface area contributed by atoms with E-state index in [2.05, 4.69) is 129 Å². The van der Waals surface area contributed by atoms with Crippen molar-refractivity contribution in [3.63, 3.8) is 0 Å². The molecule has 4 aromatic carbocycles. The Bertz CT molecular complexity index is 1520. The van der Waals surface area contributed by atoms with Crippen LogP contribution in [0, 0.1) is 29.8 Å². The van der Waals surface area contributed by atoms with Crippen LogP contribution >= 0.6 is 45.2 Å². The quantitative estimate of drug-likeness (QED) is 0.198. The summed E-state index contributed by atoms with van der Waals surface area (Å²) in [6.45, 7) is 14.0. The Kier molecular flexibility index (Phi) is 12.9. The lowest BCUT2D eigenvalue weighted by Crippen LogP contribution is -2.30. The molecule has 0 spiro atoms. The van der Waals surface area contributed by atoms with E-state index < -0.39 is 0 Å². The third-order valence-electron chi connectivity index (χ3n) is 9.70. The van der Waals surface area contributed by atoms with E-state index >= 15 is 0 Å². The van der Waals surface area contributed by atoms with Crippen LogP contribution in [0.3, 0.4) is 0 Å².